The highest BCUT2D eigenvalue weighted by Gasteiger charge is 2.15. The molecule has 0 rings (SSSR count). The second-order valence-electron chi connectivity index (χ2n) is 5.72. The molecule has 154 valence electrons. The first-order valence-electron chi connectivity index (χ1n) is 8.95. The molecular weight excluding hydrogens is 344 g/mol. The Morgan fingerprint density at radius 1 is 1.08 bits per heavy atom. The summed E-state index contributed by atoms with van der Waals surface area (Å²) in [5.41, 5.74) is 0. The lowest BCUT2D eigenvalue weighted by atomic mass is 10.2. The number of aliphatic hydroxyl groups is 1. The van der Waals surface area contributed by atoms with Crippen molar-refractivity contribution >= 4 is 12.1 Å². The summed E-state index contributed by atoms with van der Waals surface area (Å²) in [4.78, 5) is 25.5. The van der Waals surface area contributed by atoms with Crippen molar-refractivity contribution in [3.05, 3.63) is 0 Å². The van der Waals surface area contributed by atoms with Crippen LogP contribution in [0, 0.1) is 5.92 Å². The van der Waals surface area contributed by atoms with Crippen LogP contribution in [0.4, 0.5) is 4.79 Å². The molecule has 0 saturated carbocycles. The molecule has 26 heavy (non-hydrogen) atoms. The number of carbonyl (C=O) groups excluding carboxylic acids is 2. The fourth-order valence-corrected chi connectivity index (χ4v) is 2.10. The molecule has 0 aromatic heterocycles. The summed E-state index contributed by atoms with van der Waals surface area (Å²) in [5.74, 6) is -0.889. The van der Waals surface area contributed by atoms with E-state index in [0.717, 1.165) is 19.6 Å². The van der Waals surface area contributed by atoms with Gasteiger partial charge in [0.25, 0.3) is 0 Å². The number of methoxy groups -OCH3 is 2. The number of alkyl carbamates (subject to hydrolysis) is 1. The number of rotatable bonds is 15. The Morgan fingerprint density at radius 2 is 1.69 bits per heavy atom. The molecule has 0 bridgehead atoms. The van der Waals surface area contributed by atoms with Gasteiger partial charge in [0.05, 0.1) is 25.6 Å². The summed E-state index contributed by atoms with van der Waals surface area (Å²) in [6.45, 7) is 6.87. The van der Waals surface area contributed by atoms with Gasteiger partial charge in [-0.15, -0.1) is 0 Å². The minimum absolute atomic E-state index is 0.0211. The first-order chi connectivity index (χ1) is 12.5. The molecule has 0 fully saturated rings. The van der Waals surface area contributed by atoms with Gasteiger partial charge in [0.2, 0.25) is 0 Å². The third-order valence-corrected chi connectivity index (χ3v) is 3.89. The van der Waals surface area contributed by atoms with Crippen LogP contribution in [0.1, 0.15) is 26.7 Å². The zero-order valence-electron chi connectivity index (χ0n) is 16.4. The van der Waals surface area contributed by atoms with Crippen molar-refractivity contribution in [2.45, 2.75) is 33.0 Å². The van der Waals surface area contributed by atoms with Crippen LogP contribution < -0.4 is 5.32 Å². The van der Waals surface area contributed by atoms with E-state index >= 15 is 0 Å². The van der Waals surface area contributed by atoms with E-state index in [0.29, 0.717) is 13.0 Å². The standard InChI is InChI=1S/C17H34N2O7/c1-5-19(6-2)10-9-18-17(22)26-13-14(11-20)12-25-15(21)7-8-16(23-3)24-4/h14,16,20H,5-13H2,1-4H3,(H,18,22). The molecule has 2 N–H and O–H groups in total. The molecule has 1 amide bonds. The number of aliphatic hydroxyl groups excluding tert-OH is 1. The van der Waals surface area contributed by atoms with E-state index in [9.17, 15) is 14.7 Å². The van der Waals surface area contributed by atoms with Gasteiger partial charge in [-0.05, 0) is 13.1 Å². The van der Waals surface area contributed by atoms with Crippen LogP contribution >= 0.6 is 0 Å². The van der Waals surface area contributed by atoms with Crippen molar-refractivity contribution in [1.29, 1.82) is 0 Å². The Labute approximate surface area is 155 Å². The van der Waals surface area contributed by atoms with E-state index in [1.54, 1.807) is 0 Å². The quantitative estimate of drug-likeness (QED) is 0.315. The average Bonchev–Trinajstić information content (AvgIpc) is 2.66. The van der Waals surface area contributed by atoms with Crippen LogP contribution in [0.15, 0.2) is 0 Å². The largest absolute Gasteiger partial charge is 0.465 e. The molecular formula is C17H34N2O7. The Bertz CT molecular complexity index is 374. The summed E-state index contributed by atoms with van der Waals surface area (Å²) in [5, 5.41) is 12.0. The van der Waals surface area contributed by atoms with Gasteiger partial charge >= 0.3 is 12.1 Å². The van der Waals surface area contributed by atoms with Crippen LogP contribution in [-0.4, -0.2) is 88.6 Å². The highest BCUT2D eigenvalue weighted by Crippen LogP contribution is 2.05. The van der Waals surface area contributed by atoms with Gasteiger partial charge in [-0.1, -0.05) is 13.8 Å². The minimum atomic E-state index is -0.551. The first kappa shape index (κ1) is 24.6. The van der Waals surface area contributed by atoms with Crippen LogP contribution in [0.5, 0.6) is 0 Å². The molecule has 9 heteroatoms. The summed E-state index contributed by atoms with van der Waals surface area (Å²) in [6.07, 6.45) is -0.498. The van der Waals surface area contributed by atoms with Crippen molar-refractivity contribution in [1.82, 2.24) is 10.2 Å². The summed E-state index contributed by atoms with van der Waals surface area (Å²) < 4.78 is 20.1. The number of amides is 1. The molecule has 0 aliphatic rings. The second kappa shape index (κ2) is 15.8. The molecule has 0 aromatic carbocycles. The van der Waals surface area contributed by atoms with Gasteiger partial charge in [0, 0.05) is 33.7 Å². The van der Waals surface area contributed by atoms with E-state index < -0.39 is 24.3 Å². The zero-order valence-corrected chi connectivity index (χ0v) is 16.4. The minimum Gasteiger partial charge on any atom is -0.465 e. The van der Waals surface area contributed by atoms with Crippen molar-refractivity contribution in [3.63, 3.8) is 0 Å². The number of carbonyl (C=O) groups is 2. The molecule has 0 spiro atoms. The Balaban J connectivity index is 3.93. The zero-order chi connectivity index (χ0) is 19.8. The highest BCUT2D eigenvalue weighted by molar-refractivity contribution is 5.69. The molecule has 0 aromatic rings. The van der Waals surface area contributed by atoms with Crippen molar-refractivity contribution in [2.75, 3.05) is 60.2 Å². The fourth-order valence-electron chi connectivity index (χ4n) is 2.10. The monoisotopic (exact) mass is 378 g/mol. The van der Waals surface area contributed by atoms with Gasteiger partial charge in [-0.2, -0.15) is 0 Å². The van der Waals surface area contributed by atoms with Crippen LogP contribution in [0.2, 0.25) is 0 Å². The van der Waals surface area contributed by atoms with E-state index in [2.05, 4.69) is 24.1 Å². The van der Waals surface area contributed by atoms with E-state index in [1.165, 1.54) is 14.2 Å². The number of likely N-dealkylation sites (N-methyl/N-ethyl adjacent to an activating group) is 1. The number of nitrogens with one attached hydrogen (secondary N) is 1. The maximum absolute atomic E-state index is 11.7. The third kappa shape index (κ3) is 12.0. The first-order valence-corrected chi connectivity index (χ1v) is 8.95. The Morgan fingerprint density at radius 3 is 2.23 bits per heavy atom. The molecule has 1 atom stereocenters. The topological polar surface area (TPSA) is 107 Å². The second-order valence-corrected chi connectivity index (χ2v) is 5.72. The van der Waals surface area contributed by atoms with E-state index in [4.69, 9.17) is 18.9 Å². The molecule has 1 unspecified atom stereocenters. The Hall–Kier alpha value is -1.42. The predicted molar refractivity (Wildman–Crippen MR) is 95.7 cm³/mol. The van der Waals surface area contributed by atoms with Crippen LogP contribution in [0.3, 0.4) is 0 Å². The molecule has 0 radical (unpaired) electrons. The number of hydrogen-bond donors (Lipinski definition) is 2. The predicted octanol–water partition coefficient (Wildman–Crippen LogP) is 0.605. The maximum Gasteiger partial charge on any atom is 0.407 e. The van der Waals surface area contributed by atoms with E-state index in [1.807, 2.05) is 0 Å². The van der Waals surface area contributed by atoms with Gasteiger partial charge in [0.1, 0.15) is 6.61 Å². The number of esters is 1. The molecule has 0 heterocycles. The lowest BCUT2D eigenvalue weighted by Gasteiger charge is -2.18. The molecule has 0 aliphatic carbocycles. The van der Waals surface area contributed by atoms with Crippen molar-refractivity contribution < 1.29 is 33.6 Å². The van der Waals surface area contributed by atoms with Gasteiger partial charge in [-0.25, -0.2) is 4.79 Å². The lowest BCUT2D eigenvalue weighted by Crippen LogP contribution is -2.36. The number of ether oxygens (including phenoxy) is 4. The Kier molecular flexibility index (Phi) is 14.9. The third-order valence-electron chi connectivity index (χ3n) is 3.89. The van der Waals surface area contributed by atoms with Crippen molar-refractivity contribution in [3.8, 4) is 0 Å². The van der Waals surface area contributed by atoms with Gasteiger partial charge < -0.3 is 34.3 Å². The smallest absolute Gasteiger partial charge is 0.407 e. The number of hydrogen-bond acceptors (Lipinski definition) is 8. The summed E-state index contributed by atoms with van der Waals surface area (Å²) >= 11 is 0. The molecule has 0 saturated heterocycles. The van der Waals surface area contributed by atoms with Crippen LogP contribution in [0.25, 0.3) is 0 Å². The summed E-state index contributed by atoms with van der Waals surface area (Å²) in [6, 6.07) is 0. The van der Waals surface area contributed by atoms with Crippen LogP contribution in [-0.2, 0) is 23.7 Å². The SMILES string of the molecule is CCN(CC)CCNC(=O)OCC(CO)COC(=O)CCC(OC)OC. The number of nitrogens with zero attached hydrogens (tertiary/aromatic N) is 1. The average molecular weight is 378 g/mol. The highest BCUT2D eigenvalue weighted by atomic mass is 16.7. The molecule has 9 nitrogen and oxygen atoms in total. The van der Waals surface area contributed by atoms with Gasteiger partial charge in [-0.3, -0.25) is 4.79 Å². The fraction of sp³-hybridized carbons (Fsp3) is 0.882. The van der Waals surface area contributed by atoms with Crippen molar-refractivity contribution in [2.24, 2.45) is 5.92 Å². The normalized spacial score (nSPS) is 12.3. The van der Waals surface area contributed by atoms with Gasteiger partial charge in [0.15, 0.2) is 6.29 Å². The lowest BCUT2D eigenvalue weighted by molar-refractivity contribution is -0.150. The molecule has 0 aliphatic heterocycles. The van der Waals surface area contributed by atoms with E-state index in [-0.39, 0.29) is 26.2 Å². The maximum atomic E-state index is 11.7. The summed E-state index contributed by atoms with van der Waals surface area (Å²) in [7, 11) is 2.98.